The smallest absolute Gasteiger partial charge is 0.255 e. The van der Waals surface area contributed by atoms with Gasteiger partial charge in [0.2, 0.25) is 0 Å². The second kappa shape index (κ2) is 14.2. The summed E-state index contributed by atoms with van der Waals surface area (Å²) in [5, 5.41) is 5.23. The third kappa shape index (κ3) is 6.87. The van der Waals surface area contributed by atoms with Gasteiger partial charge in [0, 0.05) is 55.6 Å². The van der Waals surface area contributed by atoms with Crippen LogP contribution in [-0.4, -0.2) is 59.3 Å². The molecule has 3 aromatic carbocycles. The maximum atomic E-state index is 13.8. The van der Waals surface area contributed by atoms with E-state index in [-0.39, 0.29) is 11.8 Å². The van der Waals surface area contributed by atoms with E-state index in [2.05, 4.69) is 57.4 Å². The van der Waals surface area contributed by atoms with Gasteiger partial charge in [-0.05, 0) is 53.4 Å². The Labute approximate surface area is 264 Å². The maximum absolute atomic E-state index is 13.8. The molecule has 0 spiro atoms. The molecule has 0 radical (unpaired) electrons. The zero-order valence-corrected chi connectivity index (χ0v) is 26.3. The maximum Gasteiger partial charge on any atom is 0.255 e. The fourth-order valence-electron chi connectivity index (χ4n) is 6.31. The first-order valence-electron chi connectivity index (χ1n) is 15.9. The first-order valence-corrected chi connectivity index (χ1v) is 16.8. The van der Waals surface area contributed by atoms with E-state index in [0.717, 1.165) is 48.4 Å². The second-order valence-electron chi connectivity index (χ2n) is 11.7. The molecule has 3 heterocycles. The molecule has 8 heteroatoms. The zero-order chi connectivity index (χ0) is 30.3. The van der Waals surface area contributed by atoms with Crippen LogP contribution in [-0.2, 0) is 11.3 Å². The normalized spacial score (nSPS) is 15.8. The van der Waals surface area contributed by atoms with Crippen LogP contribution < -0.4 is 10.2 Å². The minimum absolute atomic E-state index is 0.134. The van der Waals surface area contributed by atoms with E-state index in [9.17, 15) is 9.59 Å². The van der Waals surface area contributed by atoms with Crippen LogP contribution >= 0.6 is 11.3 Å². The fourth-order valence-corrected chi connectivity index (χ4v) is 6.84. The minimum Gasteiger partial charge on any atom is -0.369 e. The summed E-state index contributed by atoms with van der Waals surface area (Å²) in [5.74, 6) is -0.402. The summed E-state index contributed by atoms with van der Waals surface area (Å²) in [6.45, 7) is 8.20. The number of unbranched alkanes of at least 4 members (excludes halogenated alkanes) is 4. The molecule has 2 aliphatic rings. The van der Waals surface area contributed by atoms with Crippen LogP contribution in [0.25, 0.3) is 11.1 Å². The summed E-state index contributed by atoms with van der Waals surface area (Å²) in [4.78, 5) is 38.3. The van der Waals surface area contributed by atoms with E-state index in [1.165, 1.54) is 55.7 Å². The Balaban J connectivity index is 1.11. The summed E-state index contributed by atoms with van der Waals surface area (Å²) < 4.78 is 0. The standard InChI is InChI=1S/C36H41N5O2S/c1-2-3-4-5-9-19-39-20-22-40(23-21-39)31-16-14-27(15-17-31)29-12-13-30-26-41(35(43)32(30)25-29)33(28-10-7-6-8-11-28)34(42)38-36-37-18-24-44-36/h6-8,10-18,24-25,33H,2-5,9,19-23,26H2,1H3,(H,37,38,42). The number of carbonyl (C=O) groups excluding carboxylic acids is 2. The molecule has 7 nitrogen and oxygen atoms in total. The molecular formula is C36H41N5O2S. The van der Waals surface area contributed by atoms with E-state index in [0.29, 0.717) is 17.2 Å². The van der Waals surface area contributed by atoms with Crippen molar-refractivity contribution in [3.63, 3.8) is 0 Å². The van der Waals surface area contributed by atoms with E-state index in [1.54, 1.807) is 11.1 Å². The van der Waals surface area contributed by atoms with Crippen LogP contribution in [0, 0.1) is 0 Å². The number of carbonyl (C=O) groups is 2. The van der Waals surface area contributed by atoms with Crippen molar-refractivity contribution in [3.8, 4) is 11.1 Å². The van der Waals surface area contributed by atoms with E-state index in [1.807, 2.05) is 47.8 Å². The van der Waals surface area contributed by atoms with Gasteiger partial charge in [-0.25, -0.2) is 4.98 Å². The lowest BCUT2D eigenvalue weighted by molar-refractivity contribution is -0.120. The molecule has 228 valence electrons. The Morgan fingerprint density at radius 2 is 1.66 bits per heavy atom. The quantitative estimate of drug-likeness (QED) is 0.172. The number of fused-ring (bicyclic) bond motifs is 1. The number of hydrogen-bond acceptors (Lipinski definition) is 6. The predicted octanol–water partition coefficient (Wildman–Crippen LogP) is 7.24. The van der Waals surface area contributed by atoms with Crippen molar-refractivity contribution in [2.45, 2.75) is 51.6 Å². The summed E-state index contributed by atoms with van der Waals surface area (Å²) >= 11 is 1.36. The highest BCUT2D eigenvalue weighted by Crippen LogP contribution is 2.35. The Hall–Kier alpha value is -4.01. The molecule has 0 aliphatic carbocycles. The van der Waals surface area contributed by atoms with Crippen LogP contribution in [0.2, 0.25) is 0 Å². The molecule has 1 N–H and O–H groups in total. The molecule has 4 aromatic rings. The van der Waals surface area contributed by atoms with Gasteiger partial charge in [0.05, 0.1) is 0 Å². The minimum atomic E-state index is -0.760. The van der Waals surface area contributed by atoms with Gasteiger partial charge in [-0.1, -0.05) is 87.2 Å². The Bertz CT molecular complexity index is 1530. The number of piperazine rings is 1. The summed E-state index contributed by atoms with van der Waals surface area (Å²) in [5.41, 5.74) is 5.68. The van der Waals surface area contributed by atoms with E-state index in [4.69, 9.17) is 0 Å². The number of thiazole rings is 1. The van der Waals surface area contributed by atoms with Gasteiger partial charge < -0.3 is 9.80 Å². The highest BCUT2D eigenvalue weighted by molar-refractivity contribution is 7.13. The first-order chi connectivity index (χ1) is 21.6. The van der Waals surface area contributed by atoms with Gasteiger partial charge in [0.1, 0.15) is 6.04 Å². The van der Waals surface area contributed by atoms with Crippen molar-refractivity contribution in [2.24, 2.45) is 0 Å². The molecule has 1 aromatic heterocycles. The molecule has 1 atom stereocenters. The Kier molecular flexibility index (Phi) is 9.68. The van der Waals surface area contributed by atoms with Crippen LogP contribution in [0.3, 0.4) is 0 Å². The average Bonchev–Trinajstić information content (AvgIpc) is 3.69. The topological polar surface area (TPSA) is 68.8 Å². The van der Waals surface area contributed by atoms with Gasteiger partial charge in [0.15, 0.2) is 5.13 Å². The lowest BCUT2D eigenvalue weighted by atomic mass is 10.00. The van der Waals surface area contributed by atoms with Crippen molar-refractivity contribution < 1.29 is 9.59 Å². The lowest BCUT2D eigenvalue weighted by Gasteiger charge is -2.36. The van der Waals surface area contributed by atoms with Gasteiger partial charge in [-0.3, -0.25) is 19.8 Å². The third-order valence-electron chi connectivity index (χ3n) is 8.80. The highest BCUT2D eigenvalue weighted by atomic mass is 32.1. The molecule has 0 bridgehead atoms. The molecule has 1 unspecified atom stereocenters. The van der Waals surface area contributed by atoms with Gasteiger partial charge in [-0.15, -0.1) is 11.3 Å². The number of benzene rings is 3. The van der Waals surface area contributed by atoms with Crippen LogP contribution in [0.4, 0.5) is 10.8 Å². The SMILES string of the molecule is CCCCCCCN1CCN(c2ccc(-c3ccc4c(c3)C(=O)N(C(C(=O)Nc3nccs3)c3ccccc3)C4)cc2)CC1. The molecular weight excluding hydrogens is 566 g/mol. The number of nitrogens with zero attached hydrogens (tertiary/aromatic N) is 4. The highest BCUT2D eigenvalue weighted by Gasteiger charge is 2.37. The lowest BCUT2D eigenvalue weighted by Crippen LogP contribution is -2.46. The van der Waals surface area contributed by atoms with Crippen molar-refractivity contribution >= 4 is 34.0 Å². The largest absolute Gasteiger partial charge is 0.369 e. The van der Waals surface area contributed by atoms with Crippen molar-refractivity contribution in [3.05, 3.63) is 101 Å². The van der Waals surface area contributed by atoms with Gasteiger partial charge in [0.25, 0.3) is 11.8 Å². The number of anilines is 2. The number of amides is 2. The molecule has 2 aliphatic heterocycles. The summed E-state index contributed by atoms with van der Waals surface area (Å²) in [6, 6.07) is 23.5. The number of nitrogens with one attached hydrogen (secondary N) is 1. The van der Waals surface area contributed by atoms with Crippen molar-refractivity contribution in [1.29, 1.82) is 0 Å². The molecule has 1 fully saturated rings. The Morgan fingerprint density at radius 1 is 0.909 bits per heavy atom. The van der Waals surface area contributed by atoms with Crippen molar-refractivity contribution in [2.75, 3.05) is 42.9 Å². The fraction of sp³-hybridized carbons (Fsp3) is 0.361. The third-order valence-corrected chi connectivity index (χ3v) is 9.48. The number of hydrogen-bond donors (Lipinski definition) is 1. The van der Waals surface area contributed by atoms with Crippen LogP contribution in [0.15, 0.2) is 84.4 Å². The summed E-state index contributed by atoms with van der Waals surface area (Å²) in [7, 11) is 0. The molecule has 44 heavy (non-hydrogen) atoms. The molecule has 6 rings (SSSR count). The number of rotatable bonds is 12. The second-order valence-corrected chi connectivity index (χ2v) is 12.6. The van der Waals surface area contributed by atoms with Crippen LogP contribution in [0.1, 0.15) is 66.6 Å². The monoisotopic (exact) mass is 607 g/mol. The number of aromatic nitrogens is 1. The molecule has 0 saturated carbocycles. The zero-order valence-electron chi connectivity index (χ0n) is 25.5. The van der Waals surface area contributed by atoms with E-state index >= 15 is 0 Å². The summed E-state index contributed by atoms with van der Waals surface area (Å²) in [6.07, 6.45) is 8.32. The van der Waals surface area contributed by atoms with E-state index < -0.39 is 6.04 Å². The average molecular weight is 608 g/mol. The predicted molar refractivity (Wildman–Crippen MR) is 179 cm³/mol. The van der Waals surface area contributed by atoms with Crippen LogP contribution in [0.5, 0.6) is 0 Å². The van der Waals surface area contributed by atoms with Gasteiger partial charge in [-0.2, -0.15) is 0 Å². The first kappa shape index (κ1) is 30.0. The van der Waals surface area contributed by atoms with Crippen molar-refractivity contribution in [1.82, 2.24) is 14.8 Å². The molecule has 1 saturated heterocycles. The van der Waals surface area contributed by atoms with Gasteiger partial charge >= 0.3 is 0 Å². The Morgan fingerprint density at radius 3 is 2.39 bits per heavy atom. The molecule has 2 amide bonds.